The summed E-state index contributed by atoms with van der Waals surface area (Å²) in [6, 6.07) is 10.2. The van der Waals surface area contributed by atoms with Crippen molar-refractivity contribution in [3.8, 4) is 0 Å². The van der Waals surface area contributed by atoms with Crippen LogP contribution < -0.4 is 5.32 Å². The second-order valence-electron chi connectivity index (χ2n) is 8.07. The summed E-state index contributed by atoms with van der Waals surface area (Å²) in [4.78, 5) is 26.2. The molecule has 2 N–H and O–H groups in total. The first-order valence-corrected chi connectivity index (χ1v) is 10.2. The van der Waals surface area contributed by atoms with Crippen LogP contribution in [-0.4, -0.2) is 47.6 Å². The molecule has 0 radical (unpaired) electrons. The number of ether oxygens (including phenoxy) is 1. The van der Waals surface area contributed by atoms with E-state index in [1.54, 1.807) is 29.2 Å². The van der Waals surface area contributed by atoms with Crippen molar-refractivity contribution in [2.75, 3.05) is 25.1 Å². The zero-order chi connectivity index (χ0) is 23.5. The lowest BCUT2D eigenvalue weighted by Gasteiger charge is -2.41. The van der Waals surface area contributed by atoms with Crippen molar-refractivity contribution in [1.82, 2.24) is 4.90 Å². The van der Waals surface area contributed by atoms with Gasteiger partial charge in [0.2, 0.25) is 5.91 Å². The fraction of sp³-hybridized carbons (Fsp3) is 0.391. The Labute approximate surface area is 184 Å². The van der Waals surface area contributed by atoms with Crippen LogP contribution in [0, 0.1) is 5.92 Å². The lowest BCUT2D eigenvalue weighted by molar-refractivity contribution is -0.161. The van der Waals surface area contributed by atoms with Gasteiger partial charge in [-0.25, -0.2) is 0 Å². The molecule has 0 spiro atoms. The van der Waals surface area contributed by atoms with Gasteiger partial charge in [0, 0.05) is 17.8 Å². The van der Waals surface area contributed by atoms with E-state index >= 15 is 0 Å². The van der Waals surface area contributed by atoms with E-state index < -0.39 is 29.8 Å². The molecule has 2 aromatic carbocycles. The minimum Gasteiger partial charge on any atom is -0.394 e. The highest BCUT2D eigenvalue weighted by atomic mass is 19.4. The summed E-state index contributed by atoms with van der Waals surface area (Å²) in [5.41, 5.74) is 0.457. The molecule has 0 bridgehead atoms. The number of aliphatic hydroxyl groups is 1. The van der Waals surface area contributed by atoms with Crippen molar-refractivity contribution in [3.63, 3.8) is 0 Å². The molecule has 0 unspecified atom stereocenters. The SMILES string of the molecule is CC(C)CN1C(=O)CO[C@H](c2ccc(NC(=O)c3ccc(C(F)(F)F)cc3)cc2)[C@H]1CO. The number of aliphatic hydroxyl groups excluding tert-OH is 1. The first kappa shape index (κ1) is 23.7. The number of anilines is 1. The van der Waals surface area contributed by atoms with Crippen molar-refractivity contribution in [1.29, 1.82) is 0 Å². The second kappa shape index (κ2) is 9.70. The maximum Gasteiger partial charge on any atom is 0.416 e. The van der Waals surface area contributed by atoms with Crippen LogP contribution in [0.25, 0.3) is 0 Å². The Hall–Kier alpha value is -2.91. The van der Waals surface area contributed by atoms with Crippen LogP contribution in [0.2, 0.25) is 0 Å². The van der Waals surface area contributed by atoms with Crippen LogP contribution in [0.15, 0.2) is 48.5 Å². The van der Waals surface area contributed by atoms with Gasteiger partial charge in [0.15, 0.2) is 0 Å². The lowest BCUT2D eigenvalue weighted by atomic mass is 9.98. The third kappa shape index (κ3) is 5.46. The number of amides is 2. The van der Waals surface area contributed by atoms with E-state index in [0.29, 0.717) is 12.2 Å². The van der Waals surface area contributed by atoms with Crippen molar-refractivity contribution >= 4 is 17.5 Å². The highest BCUT2D eigenvalue weighted by Gasteiger charge is 2.37. The monoisotopic (exact) mass is 450 g/mol. The van der Waals surface area contributed by atoms with Crippen molar-refractivity contribution in [3.05, 3.63) is 65.2 Å². The number of nitrogens with one attached hydrogen (secondary N) is 1. The van der Waals surface area contributed by atoms with Gasteiger partial charge in [0.1, 0.15) is 12.7 Å². The standard InChI is InChI=1S/C23H25F3N2O4/c1-14(2)11-28-19(12-29)21(32-13-20(28)30)15-5-9-18(10-6-15)27-22(31)16-3-7-17(8-4-16)23(24,25)26/h3-10,14,19,21,29H,11-13H2,1-2H3,(H,27,31)/t19-,21-/m1/s1. The van der Waals surface area contributed by atoms with Crippen LogP contribution in [-0.2, 0) is 15.7 Å². The predicted octanol–water partition coefficient (Wildman–Crippen LogP) is 3.87. The summed E-state index contributed by atoms with van der Waals surface area (Å²) in [6.45, 7) is 4.14. The maximum absolute atomic E-state index is 12.7. The van der Waals surface area contributed by atoms with Gasteiger partial charge in [-0.3, -0.25) is 9.59 Å². The second-order valence-corrected chi connectivity index (χ2v) is 8.07. The van der Waals surface area contributed by atoms with E-state index in [2.05, 4.69) is 5.32 Å². The Morgan fingerprint density at radius 1 is 1.16 bits per heavy atom. The Balaban J connectivity index is 1.70. The average Bonchev–Trinajstić information content (AvgIpc) is 2.75. The van der Waals surface area contributed by atoms with Gasteiger partial charge in [-0.05, 0) is 47.9 Å². The summed E-state index contributed by atoms with van der Waals surface area (Å²) in [7, 11) is 0. The maximum atomic E-state index is 12.7. The van der Waals surface area contributed by atoms with Crippen LogP contribution in [0.3, 0.4) is 0 Å². The zero-order valence-corrected chi connectivity index (χ0v) is 17.7. The number of nitrogens with zero attached hydrogens (tertiary/aromatic N) is 1. The molecule has 3 rings (SSSR count). The van der Waals surface area contributed by atoms with Gasteiger partial charge in [-0.2, -0.15) is 13.2 Å². The smallest absolute Gasteiger partial charge is 0.394 e. The zero-order valence-electron chi connectivity index (χ0n) is 17.7. The third-order valence-corrected chi connectivity index (χ3v) is 5.18. The third-order valence-electron chi connectivity index (χ3n) is 5.18. The molecule has 2 amide bonds. The van der Waals surface area contributed by atoms with E-state index in [1.165, 1.54) is 0 Å². The Bertz CT molecular complexity index is 943. The van der Waals surface area contributed by atoms with E-state index in [1.807, 2.05) is 13.8 Å². The summed E-state index contributed by atoms with van der Waals surface area (Å²) in [6.07, 6.45) is -4.98. The van der Waals surface area contributed by atoms with Crippen molar-refractivity contribution in [2.45, 2.75) is 32.2 Å². The summed E-state index contributed by atoms with van der Waals surface area (Å²) in [5, 5.41) is 12.5. The predicted molar refractivity (Wildman–Crippen MR) is 112 cm³/mol. The summed E-state index contributed by atoms with van der Waals surface area (Å²) in [5.74, 6) is -0.480. The number of benzene rings is 2. The topological polar surface area (TPSA) is 78.9 Å². The van der Waals surface area contributed by atoms with Gasteiger partial charge >= 0.3 is 6.18 Å². The van der Waals surface area contributed by atoms with Crippen LogP contribution in [0.1, 0.15) is 41.4 Å². The van der Waals surface area contributed by atoms with Crippen LogP contribution >= 0.6 is 0 Å². The molecule has 9 heteroatoms. The number of carbonyl (C=O) groups is 2. The van der Waals surface area contributed by atoms with E-state index in [-0.39, 0.29) is 30.6 Å². The highest BCUT2D eigenvalue weighted by molar-refractivity contribution is 6.04. The minimum atomic E-state index is -4.46. The largest absolute Gasteiger partial charge is 0.416 e. The molecule has 1 aliphatic heterocycles. The molecular formula is C23H25F3N2O4. The van der Waals surface area contributed by atoms with Gasteiger partial charge in [0.25, 0.3) is 5.91 Å². The first-order chi connectivity index (χ1) is 15.1. The first-order valence-electron chi connectivity index (χ1n) is 10.2. The van der Waals surface area contributed by atoms with Gasteiger partial charge in [-0.1, -0.05) is 26.0 Å². The van der Waals surface area contributed by atoms with Gasteiger partial charge in [0.05, 0.1) is 18.2 Å². The Morgan fingerprint density at radius 2 is 1.78 bits per heavy atom. The van der Waals surface area contributed by atoms with Crippen LogP contribution in [0.5, 0.6) is 0 Å². The van der Waals surface area contributed by atoms with Gasteiger partial charge in [-0.15, -0.1) is 0 Å². The number of alkyl halides is 3. The van der Waals surface area contributed by atoms with Crippen molar-refractivity contribution < 1.29 is 32.6 Å². The fourth-order valence-electron chi connectivity index (χ4n) is 3.62. The number of halogens is 3. The van der Waals surface area contributed by atoms with Crippen molar-refractivity contribution in [2.24, 2.45) is 5.92 Å². The molecule has 0 aromatic heterocycles. The minimum absolute atomic E-state index is 0.0830. The molecule has 1 saturated heterocycles. The molecule has 1 aliphatic rings. The summed E-state index contributed by atoms with van der Waals surface area (Å²) < 4.78 is 43.7. The molecule has 0 aliphatic carbocycles. The number of hydrogen-bond acceptors (Lipinski definition) is 4. The molecule has 172 valence electrons. The molecule has 2 aromatic rings. The number of hydrogen-bond donors (Lipinski definition) is 2. The van der Waals surface area contributed by atoms with E-state index in [4.69, 9.17) is 4.74 Å². The molecule has 1 heterocycles. The molecule has 1 fully saturated rings. The number of carbonyl (C=O) groups excluding carboxylic acids is 2. The Morgan fingerprint density at radius 3 is 2.31 bits per heavy atom. The lowest BCUT2D eigenvalue weighted by Crippen LogP contribution is -2.53. The number of morpholine rings is 1. The highest BCUT2D eigenvalue weighted by Crippen LogP contribution is 2.31. The summed E-state index contributed by atoms with van der Waals surface area (Å²) >= 11 is 0. The average molecular weight is 450 g/mol. The quantitative estimate of drug-likeness (QED) is 0.700. The molecule has 32 heavy (non-hydrogen) atoms. The Kier molecular flexibility index (Phi) is 7.20. The van der Waals surface area contributed by atoms with Gasteiger partial charge < -0.3 is 20.1 Å². The van der Waals surface area contributed by atoms with Crippen LogP contribution in [0.4, 0.5) is 18.9 Å². The molecule has 0 saturated carbocycles. The molecule has 6 nitrogen and oxygen atoms in total. The van der Waals surface area contributed by atoms with E-state index in [9.17, 15) is 27.9 Å². The normalized spacial score (nSPS) is 19.3. The molecule has 2 atom stereocenters. The number of rotatable bonds is 6. The molecular weight excluding hydrogens is 425 g/mol. The van der Waals surface area contributed by atoms with E-state index in [0.717, 1.165) is 29.8 Å². The fourth-order valence-corrected chi connectivity index (χ4v) is 3.62.